The number of nitrogens with one attached hydrogen (secondary N) is 2. The zero-order chi connectivity index (χ0) is 22.9. The second kappa shape index (κ2) is 13.0. The highest BCUT2D eigenvalue weighted by atomic mass is 127. The van der Waals surface area contributed by atoms with Gasteiger partial charge in [0.15, 0.2) is 5.96 Å². The molecule has 0 spiro atoms. The van der Waals surface area contributed by atoms with Crippen LogP contribution in [0.15, 0.2) is 64.2 Å². The number of amides is 1. The van der Waals surface area contributed by atoms with Crippen molar-refractivity contribution in [1.82, 2.24) is 20.5 Å². The van der Waals surface area contributed by atoms with E-state index in [0.29, 0.717) is 43.6 Å². The number of guanidine groups is 1. The van der Waals surface area contributed by atoms with Gasteiger partial charge in [-0.25, -0.2) is 4.98 Å². The average Bonchev–Trinajstić information content (AvgIpc) is 3.30. The van der Waals surface area contributed by atoms with Gasteiger partial charge >= 0.3 is 0 Å². The number of rotatable bonds is 8. The Morgan fingerprint density at radius 2 is 1.64 bits per heavy atom. The van der Waals surface area contributed by atoms with E-state index in [9.17, 15) is 4.79 Å². The number of oxazole rings is 1. The third-order valence-electron chi connectivity index (χ3n) is 5.22. The predicted molar refractivity (Wildman–Crippen MR) is 143 cm³/mol. The van der Waals surface area contributed by atoms with Gasteiger partial charge in [0.2, 0.25) is 5.89 Å². The first-order valence-electron chi connectivity index (χ1n) is 10.9. The van der Waals surface area contributed by atoms with Gasteiger partial charge in [-0.05, 0) is 50.6 Å². The first-order valence-corrected chi connectivity index (χ1v) is 10.9. The monoisotopic (exact) mass is 561 g/mol. The van der Waals surface area contributed by atoms with Crippen molar-refractivity contribution in [1.29, 1.82) is 0 Å². The molecule has 176 valence electrons. The molecule has 0 aliphatic carbocycles. The fraction of sp³-hybridized carbons (Fsp3) is 0.320. The van der Waals surface area contributed by atoms with Gasteiger partial charge in [0.25, 0.3) is 5.91 Å². The summed E-state index contributed by atoms with van der Waals surface area (Å²) in [4.78, 5) is 23.0. The number of aromatic nitrogens is 1. The minimum atomic E-state index is 0. The molecule has 3 aromatic rings. The van der Waals surface area contributed by atoms with Crippen LogP contribution in [0.1, 0.15) is 41.0 Å². The molecule has 0 unspecified atom stereocenters. The highest BCUT2D eigenvalue weighted by Crippen LogP contribution is 2.19. The molecule has 0 atom stereocenters. The fourth-order valence-electron chi connectivity index (χ4n) is 3.26. The van der Waals surface area contributed by atoms with E-state index in [2.05, 4.69) is 20.6 Å². The molecule has 7 nitrogen and oxygen atoms in total. The van der Waals surface area contributed by atoms with E-state index in [1.165, 1.54) is 5.56 Å². The minimum Gasteiger partial charge on any atom is -0.444 e. The van der Waals surface area contributed by atoms with Crippen molar-refractivity contribution in [3.63, 3.8) is 0 Å². The smallest absolute Gasteiger partial charge is 0.253 e. The third-order valence-corrected chi connectivity index (χ3v) is 5.22. The van der Waals surface area contributed by atoms with Crippen molar-refractivity contribution in [2.45, 2.75) is 33.9 Å². The predicted octanol–water partition coefficient (Wildman–Crippen LogP) is 4.62. The zero-order valence-corrected chi connectivity index (χ0v) is 21.9. The number of carbonyl (C=O) groups is 1. The van der Waals surface area contributed by atoms with E-state index >= 15 is 0 Å². The quantitative estimate of drug-likeness (QED) is 0.239. The lowest BCUT2D eigenvalue weighted by Crippen LogP contribution is -2.36. The number of hydrogen-bond acceptors (Lipinski definition) is 4. The first-order chi connectivity index (χ1) is 15.5. The van der Waals surface area contributed by atoms with Crippen LogP contribution in [0.2, 0.25) is 0 Å². The molecule has 33 heavy (non-hydrogen) atoms. The number of halogens is 1. The number of benzene rings is 2. The Morgan fingerprint density at radius 1 is 1.00 bits per heavy atom. The Hall–Kier alpha value is -2.88. The van der Waals surface area contributed by atoms with Crippen LogP contribution in [0, 0.1) is 6.92 Å². The number of aryl methyl sites for hydroxylation is 1. The fourth-order valence-corrected chi connectivity index (χ4v) is 3.26. The molecular weight excluding hydrogens is 529 g/mol. The molecule has 2 aromatic carbocycles. The summed E-state index contributed by atoms with van der Waals surface area (Å²) in [5, 5.41) is 6.52. The van der Waals surface area contributed by atoms with Gasteiger partial charge in [-0.2, -0.15) is 0 Å². The highest BCUT2D eigenvalue weighted by molar-refractivity contribution is 14.0. The Morgan fingerprint density at radius 3 is 2.24 bits per heavy atom. The highest BCUT2D eigenvalue weighted by Gasteiger charge is 2.12. The van der Waals surface area contributed by atoms with E-state index in [-0.39, 0.29) is 29.9 Å². The minimum absolute atomic E-state index is 0. The van der Waals surface area contributed by atoms with Crippen LogP contribution in [-0.2, 0) is 13.1 Å². The van der Waals surface area contributed by atoms with Crippen molar-refractivity contribution in [3.8, 4) is 11.5 Å². The summed E-state index contributed by atoms with van der Waals surface area (Å²) in [6.07, 6.45) is 1.65. The molecule has 0 radical (unpaired) electrons. The summed E-state index contributed by atoms with van der Waals surface area (Å²) in [5.41, 5.74) is 4.71. The summed E-state index contributed by atoms with van der Waals surface area (Å²) in [6.45, 7) is 8.52. The standard InChI is InChI=1S/C25H31N5O2.HI/c1-5-30(6-2)24(31)21-13-9-19(10-14-21)15-27-25(26-4)28-16-22-17-32-23(29-22)20-11-7-18(3)8-12-20;/h7-14,17H,5-6,15-16H2,1-4H3,(H2,26,27,28);1H. The van der Waals surface area contributed by atoms with Crippen LogP contribution in [0.5, 0.6) is 0 Å². The number of hydrogen-bond donors (Lipinski definition) is 2. The molecule has 3 rings (SSSR count). The molecule has 8 heteroatoms. The molecule has 1 aromatic heterocycles. The Balaban J connectivity index is 0.00000385. The van der Waals surface area contributed by atoms with Gasteiger partial charge in [-0.15, -0.1) is 24.0 Å². The van der Waals surface area contributed by atoms with Crippen molar-refractivity contribution < 1.29 is 9.21 Å². The SMILES string of the molecule is CCN(CC)C(=O)c1ccc(CNC(=NC)NCc2coc(-c3ccc(C)cc3)n2)cc1.I. The van der Waals surface area contributed by atoms with Gasteiger partial charge in [0.05, 0.1) is 12.2 Å². The Labute approximate surface area is 212 Å². The van der Waals surface area contributed by atoms with Crippen LogP contribution < -0.4 is 10.6 Å². The first kappa shape index (κ1) is 26.4. The van der Waals surface area contributed by atoms with E-state index in [0.717, 1.165) is 16.8 Å². The number of nitrogens with zero attached hydrogens (tertiary/aromatic N) is 3. The summed E-state index contributed by atoms with van der Waals surface area (Å²) >= 11 is 0. The van der Waals surface area contributed by atoms with Crippen LogP contribution in [-0.4, -0.2) is 41.9 Å². The third kappa shape index (κ3) is 7.31. The van der Waals surface area contributed by atoms with Gasteiger partial charge in [-0.3, -0.25) is 9.79 Å². The van der Waals surface area contributed by atoms with E-state index < -0.39 is 0 Å². The maximum atomic E-state index is 12.4. The molecule has 1 amide bonds. The van der Waals surface area contributed by atoms with E-state index in [1.807, 2.05) is 74.2 Å². The van der Waals surface area contributed by atoms with Crippen LogP contribution in [0.3, 0.4) is 0 Å². The molecule has 0 saturated heterocycles. The Kier molecular flexibility index (Phi) is 10.4. The van der Waals surface area contributed by atoms with Gasteiger partial charge in [0.1, 0.15) is 6.26 Å². The second-order valence-electron chi connectivity index (χ2n) is 7.46. The van der Waals surface area contributed by atoms with Crippen LogP contribution >= 0.6 is 24.0 Å². The van der Waals surface area contributed by atoms with Crippen molar-refractivity contribution in [2.24, 2.45) is 4.99 Å². The zero-order valence-electron chi connectivity index (χ0n) is 19.6. The van der Waals surface area contributed by atoms with E-state index in [1.54, 1.807) is 13.3 Å². The maximum absolute atomic E-state index is 12.4. The van der Waals surface area contributed by atoms with Gasteiger partial charge < -0.3 is 20.0 Å². The molecule has 0 aliphatic rings. The molecule has 2 N–H and O–H groups in total. The van der Waals surface area contributed by atoms with Crippen molar-refractivity contribution in [3.05, 3.63) is 77.2 Å². The molecule has 0 saturated carbocycles. The maximum Gasteiger partial charge on any atom is 0.253 e. The normalized spacial score (nSPS) is 11.0. The summed E-state index contributed by atoms with van der Waals surface area (Å²) in [6, 6.07) is 15.7. The van der Waals surface area contributed by atoms with Crippen molar-refractivity contribution in [2.75, 3.05) is 20.1 Å². The average molecular weight is 561 g/mol. The topological polar surface area (TPSA) is 82.8 Å². The lowest BCUT2D eigenvalue weighted by molar-refractivity contribution is 0.0773. The second-order valence-corrected chi connectivity index (χ2v) is 7.46. The summed E-state index contributed by atoms with van der Waals surface area (Å²) < 4.78 is 5.61. The largest absolute Gasteiger partial charge is 0.444 e. The van der Waals surface area contributed by atoms with Gasteiger partial charge in [-0.1, -0.05) is 29.8 Å². The molecule has 0 aliphatic heterocycles. The lowest BCUT2D eigenvalue weighted by atomic mass is 10.1. The van der Waals surface area contributed by atoms with Crippen molar-refractivity contribution >= 4 is 35.8 Å². The molecule has 0 bridgehead atoms. The molecule has 1 heterocycles. The summed E-state index contributed by atoms with van der Waals surface area (Å²) in [5.74, 6) is 1.32. The number of aliphatic imine (C=N–C) groups is 1. The molecule has 0 fully saturated rings. The number of carbonyl (C=O) groups excluding carboxylic acids is 1. The van der Waals surface area contributed by atoms with Crippen LogP contribution in [0.25, 0.3) is 11.5 Å². The Bertz CT molecular complexity index is 1040. The van der Waals surface area contributed by atoms with E-state index in [4.69, 9.17) is 4.42 Å². The van der Waals surface area contributed by atoms with Crippen LogP contribution in [0.4, 0.5) is 0 Å². The van der Waals surface area contributed by atoms with Gasteiger partial charge in [0, 0.05) is 37.8 Å². The summed E-state index contributed by atoms with van der Waals surface area (Å²) in [7, 11) is 1.72. The molecular formula is C25H32IN5O2. The lowest BCUT2D eigenvalue weighted by Gasteiger charge is -2.18.